The van der Waals surface area contributed by atoms with Gasteiger partial charge in [0, 0.05) is 12.1 Å². The van der Waals surface area contributed by atoms with Gasteiger partial charge in [-0.1, -0.05) is 35.3 Å². The van der Waals surface area contributed by atoms with Crippen LogP contribution in [0.1, 0.15) is 6.92 Å². The molecule has 1 heterocycles. The lowest BCUT2D eigenvalue weighted by Crippen LogP contribution is -2.04. The van der Waals surface area contributed by atoms with Crippen LogP contribution in [0.4, 0.5) is 11.6 Å². The van der Waals surface area contributed by atoms with Crippen molar-refractivity contribution in [2.75, 3.05) is 17.6 Å². The smallest absolute Gasteiger partial charge is 0.152 e. The van der Waals surface area contributed by atoms with Crippen LogP contribution in [0, 0.1) is 0 Å². The molecule has 4 nitrogen and oxygen atoms in total. The van der Waals surface area contributed by atoms with Gasteiger partial charge >= 0.3 is 0 Å². The van der Waals surface area contributed by atoms with E-state index in [1.165, 1.54) is 0 Å². The quantitative estimate of drug-likeness (QED) is 0.905. The Kier molecular flexibility index (Phi) is 3.89. The van der Waals surface area contributed by atoms with Crippen LogP contribution >= 0.6 is 23.2 Å². The van der Waals surface area contributed by atoms with E-state index in [1.54, 1.807) is 18.3 Å². The second-order valence-corrected chi connectivity index (χ2v) is 4.41. The van der Waals surface area contributed by atoms with Crippen molar-refractivity contribution >= 4 is 34.8 Å². The zero-order valence-electron chi connectivity index (χ0n) is 9.74. The Balaban J connectivity index is 2.48. The number of benzene rings is 1. The van der Waals surface area contributed by atoms with E-state index in [0.29, 0.717) is 32.9 Å². The zero-order valence-corrected chi connectivity index (χ0v) is 11.3. The molecule has 0 saturated heterocycles. The molecular weight excluding hydrogens is 271 g/mol. The Morgan fingerprint density at radius 3 is 2.78 bits per heavy atom. The minimum Gasteiger partial charge on any atom is -0.382 e. The highest BCUT2D eigenvalue weighted by Crippen LogP contribution is 2.34. The van der Waals surface area contributed by atoms with Crippen LogP contribution in [-0.4, -0.2) is 16.5 Å². The molecule has 6 heteroatoms. The second-order valence-electron chi connectivity index (χ2n) is 3.62. The van der Waals surface area contributed by atoms with Crippen molar-refractivity contribution in [1.29, 1.82) is 0 Å². The molecule has 0 fully saturated rings. The molecule has 94 valence electrons. The highest BCUT2D eigenvalue weighted by molar-refractivity contribution is 6.43. The maximum atomic E-state index is 6.13. The largest absolute Gasteiger partial charge is 0.382 e. The molecule has 1 aromatic heterocycles. The summed E-state index contributed by atoms with van der Waals surface area (Å²) in [6.07, 6.45) is 1.62. The van der Waals surface area contributed by atoms with Crippen molar-refractivity contribution in [3.63, 3.8) is 0 Å². The molecule has 0 atom stereocenters. The first-order chi connectivity index (χ1) is 8.63. The topological polar surface area (TPSA) is 63.8 Å². The minimum absolute atomic E-state index is 0.317. The third-order valence-corrected chi connectivity index (χ3v) is 3.18. The monoisotopic (exact) mass is 282 g/mol. The molecule has 0 aliphatic rings. The predicted molar refractivity (Wildman–Crippen MR) is 76.1 cm³/mol. The molecule has 18 heavy (non-hydrogen) atoms. The van der Waals surface area contributed by atoms with Gasteiger partial charge in [0.15, 0.2) is 5.82 Å². The van der Waals surface area contributed by atoms with Crippen LogP contribution < -0.4 is 11.1 Å². The Morgan fingerprint density at radius 1 is 1.33 bits per heavy atom. The Morgan fingerprint density at radius 2 is 2.11 bits per heavy atom. The summed E-state index contributed by atoms with van der Waals surface area (Å²) in [6, 6.07) is 5.31. The van der Waals surface area contributed by atoms with Crippen LogP contribution in [0.5, 0.6) is 0 Å². The SMILES string of the molecule is CCNc1cnc(-c2cccc(Cl)c2Cl)c(N)n1. The maximum Gasteiger partial charge on any atom is 0.152 e. The molecule has 2 rings (SSSR count). The van der Waals surface area contributed by atoms with E-state index in [1.807, 2.05) is 13.0 Å². The van der Waals surface area contributed by atoms with E-state index in [2.05, 4.69) is 15.3 Å². The maximum absolute atomic E-state index is 6.13. The predicted octanol–water partition coefficient (Wildman–Crippen LogP) is 3.46. The van der Waals surface area contributed by atoms with Crippen LogP contribution in [-0.2, 0) is 0 Å². The summed E-state index contributed by atoms with van der Waals surface area (Å²) in [5, 5.41) is 3.93. The molecule has 0 aliphatic carbocycles. The number of anilines is 2. The number of rotatable bonds is 3. The van der Waals surface area contributed by atoms with Crippen molar-refractivity contribution in [1.82, 2.24) is 9.97 Å². The number of nitrogen functional groups attached to an aromatic ring is 1. The molecule has 0 amide bonds. The van der Waals surface area contributed by atoms with E-state index in [-0.39, 0.29) is 0 Å². The van der Waals surface area contributed by atoms with Gasteiger partial charge in [-0.05, 0) is 13.0 Å². The summed E-state index contributed by atoms with van der Waals surface area (Å²) in [5.41, 5.74) is 7.10. The molecule has 0 unspecified atom stereocenters. The van der Waals surface area contributed by atoms with Gasteiger partial charge in [-0.3, -0.25) is 0 Å². The average Bonchev–Trinajstić information content (AvgIpc) is 2.34. The molecule has 3 N–H and O–H groups in total. The summed E-state index contributed by atoms with van der Waals surface area (Å²) in [4.78, 5) is 8.49. The first kappa shape index (κ1) is 12.9. The van der Waals surface area contributed by atoms with E-state index in [0.717, 1.165) is 6.54 Å². The van der Waals surface area contributed by atoms with Gasteiger partial charge < -0.3 is 11.1 Å². The van der Waals surface area contributed by atoms with E-state index < -0.39 is 0 Å². The van der Waals surface area contributed by atoms with Crippen molar-refractivity contribution in [3.05, 3.63) is 34.4 Å². The van der Waals surface area contributed by atoms with E-state index >= 15 is 0 Å². The molecule has 0 saturated carbocycles. The van der Waals surface area contributed by atoms with Gasteiger partial charge in [-0.25, -0.2) is 9.97 Å². The molecule has 0 bridgehead atoms. The highest BCUT2D eigenvalue weighted by Gasteiger charge is 2.12. The fourth-order valence-electron chi connectivity index (χ4n) is 1.56. The van der Waals surface area contributed by atoms with E-state index in [4.69, 9.17) is 28.9 Å². The van der Waals surface area contributed by atoms with Crippen LogP contribution in [0.25, 0.3) is 11.3 Å². The van der Waals surface area contributed by atoms with Crippen molar-refractivity contribution in [2.24, 2.45) is 0 Å². The van der Waals surface area contributed by atoms with Gasteiger partial charge in [-0.2, -0.15) is 0 Å². The summed E-state index contributed by atoms with van der Waals surface area (Å²) in [5.74, 6) is 0.953. The number of halogens is 2. The first-order valence-corrected chi connectivity index (χ1v) is 6.19. The standard InChI is InChI=1S/C12H12Cl2N4/c1-2-16-9-6-17-11(12(15)18-9)7-4-3-5-8(13)10(7)14/h3-6H,2H2,1H3,(H3,15,16,18). The van der Waals surface area contributed by atoms with Gasteiger partial charge in [0.25, 0.3) is 0 Å². The number of nitrogens with zero attached hydrogens (tertiary/aromatic N) is 2. The summed E-state index contributed by atoms with van der Waals surface area (Å²) in [7, 11) is 0. The lowest BCUT2D eigenvalue weighted by molar-refractivity contribution is 1.13. The lowest BCUT2D eigenvalue weighted by atomic mass is 10.1. The van der Waals surface area contributed by atoms with Crippen LogP contribution in [0.15, 0.2) is 24.4 Å². The summed E-state index contributed by atoms with van der Waals surface area (Å²) < 4.78 is 0. The van der Waals surface area contributed by atoms with Gasteiger partial charge in [-0.15, -0.1) is 0 Å². The number of aromatic nitrogens is 2. The molecule has 0 spiro atoms. The van der Waals surface area contributed by atoms with Gasteiger partial charge in [0.05, 0.1) is 16.2 Å². The van der Waals surface area contributed by atoms with Crippen LogP contribution in [0.3, 0.4) is 0 Å². The Bertz CT molecular complexity index is 572. The summed E-state index contributed by atoms with van der Waals surface area (Å²) >= 11 is 12.1. The molecule has 0 aliphatic heterocycles. The molecule has 2 aromatic rings. The van der Waals surface area contributed by atoms with Crippen molar-refractivity contribution < 1.29 is 0 Å². The number of hydrogen-bond donors (Lipinski definition) is 2. The lowest BCUT2D eigenvalue weighted by Gasteiger charge is -2.09. The number of nitrogens with one attached hydrogen (secondary N) is 1. The van der Waals surface area contributed by atoms with E-state index in [9.17, 15) is 0 Å². The number of hydrogen-bond acceptors (Lipinski definition) is 4. The Labute approximate surface area is 115 Å². The average molecular weight is 283 g/mol. The third kappa shape index (κ3) is 2.49. The minimum atomic E-state index is 0.317. The fourth-order valence-corrected chi connectivity index (χ4v) is 1.95. The highest BCUT2D eigenvalue weighted by atomic mass is 35.5. The number of nitrogens with two attached hydrogens (primary N) is 1. The van der Waals surface area contributed by atoms with Gasteiger partial charge in [0.1, 0.15) is 11.5 Å². The third-order valence-electron chi connectivity index (χ3n) is 2.36. The van der Waals surface area contributed by atoms with Crippen molar-refractivity contribution in [2.45, 2.75) is 6.92 Å². The normalized spacial score (nSPS) is 10.4. The van der Waals surface area contributed by atoms with Crippen LogP contribution in [0.2, 0.25) is 10.0 Å². The molecule has 0 radical (unpaired) electrons. The van der Waals surface area contributed by atoms with Crippen molar-refractivity contribution in [3.8, 4) is 11.3 Å². The Hall–Kier alpha value is -1.52. The first-order valence-electron chi connectivity index (χ1n) is 5.44. The fraction of sp³-hybridized carbons (Fsp3) is 0.167. The van der Waals surface area contributed by atoms with Gasteiger partial charge in [0.2, 0.25) is 0 Å². The molecule has 1 aromatic carbocycles. The zero-order chi connectivity index (χ0) is 13.1. The second kappa shape index (κ2) is 5.42. The molecular formula is C12H12Cl2N4. The summed E-state index contributed by atoms with van der Waals surface area (Å²) in [6.45, 7) is 2.73.